The summed E-state index contributed by atoms with van der Waals surface area (Å²) in [7, 11) is 0. The molecule has 0 N–H and O–H groups in total. The summed E-state index contributed by atoms with van der Waals surface area (Å²) in [6.07, 6.45) is 10.2. The van der Waals surface area contributed by atoms with Crippen LogP contribution >= 0.6 is 0 Å². The molecule has 0 radical (unpaired) electrons. The zero-order valence-electron chi connectivity index (χ0n) is 19.1. The van der Waals surface area contributed by atoms with Crippen molar-refractivity contribution >= 4 is 6.08 Å². The van der Waals surface area contributed by atoms with Gasteiger partial charge in [-0.3, -0.25) is 0 Å². The molecule has 1 aromatic carbocycles. The second kappa shape index (κ2) is 6.93. The van der Waals surface area contributed by atoms with Gasteiger partial charge >= 0.3 is 0 Å². The second-order valence-corrected chi connectivity index (χ2v) is 10.4. The summed E-state index contributed by atoms with van der Waals surface area (Å²) >= 11 is 0. The van der Waals surface area contributed by atoms with Crippen molar-refractivity contribution in [1.29, 1.82) is 0 Å². The van der Waals surface area contributed by atoms with Crippen LogP contribution in [0.15, 0.2) is 40.5 Å². The molecule has 1 atom stereocenters. The number of aryl methyl sites for hydroxylation is 1. The molecule has 0 bridgehead atoms. The van der Waals surface area contributed by atoms with E-state index in [1.54, 1.807) is 27.8 Å². The topological polar surface area (TPSA) is 0 Å². The first-order valence-electron chi connectivity index (χ1n) is 10.8. The minimum atomic E-state index is 0. The van der Waals surface area contributed by atoms with Gasteiger partial charge in [-0.2, -0.15) is 0 Å². The van der Waals surface area contributed by atoms with Gasteiger partial charge in [0.2, 0.25) is 0 Å². The summed E-state index contributed by atoms with van der Waals surface area (Å²) in [6.45, 7) is 19.4. The maximum atomic E-state index is 2.59. The monoisotopic (exact) mass is 540 g/mol. The molecule has 28 heavy (non-hydrogen) atoms. The average molecular weight is 539 g/mol. The van der Waals surface area contributed by atoms with Crippen molar-refractivity contribution in [1.82, 2.24) is 0 Å². The van der Waals surface area contributed by atoms with Crippen LogP contribution in [0.25, 0.3) is 6.08 Å². The van der Waals surface area contributed by atoms with Crippen LogP contribution in [0.2, 0.25) is 0 Å². The van der Waals surface area contributed by atoms with Gasteiger partial charge in [0.05, 0.1) is 0 Å². The quantitative estimate of drug-likeness (QED) is 0.324. The first kappa shape index (κ1) is 22.0. The van der Waals surface area contributed by atoms with E-state index in [2.05, 4.69) is 79.7 Å². The van der Waals surface area contributed by atoms with E-state index in [-0.39, 0.29) is 42.1 Å². The van der Waals surface area contributed by atoms with Gasteiger partial charge in [0.1, 0.15) is 0 Å². The molecule has 0 saturated heterocycles. The average Bonchev–Trinajstić information content (AvgIpc) is 3.11. The Morgan fingerprint density at radius 2 is 1.43 bits per heavy atom. The van der Waals surface area contributed by atoms with Crippen molar-refractivity contribution in [2.45, 2.75) is 86.5 Å². The Balaban J connectivity index is 0.00000225. The van der Waals surface area contributed by atoms with Crippen molar-refractivity contribution in [3.05, 3.63) is 62.8 Å². The van der Waals surface area contributed by atoms with Crippen molar-refractivity contribution in [2.24, 2.45) is 10.8 Å². The van der Waals surface area contributed by atoms with Crippen LogP contribution in [0, 0.1) is 10.8 Å². The van der Waals surface area contributed by atoms with E-state index < -0.39 is 0 Å². The van der Waals surface area contributed by atoms with Crippen LogP contribution in [0.3, 0.4) is 0 Å². The Labute approximate surface area is 191 Å². The molecule has 0 nitrogen and oxygen atoms in total. The Hall–Kier alpha value is -0.690. The minimum absolute atomic E-state index is 0. The van der Waals surface area contributed by atoms with Crippen molar-refractivity contribution < 1.29 is 25.8 Å². The molecule has 1 aromatic rings. The van der Waals surface area contributed by atoms with Crippen LogP contribution in [0.4, 0.5) is 0 Å². The van der Waals surface area contributed by atoms with Crippen LogP contribution < -0.4 is 0 Å². The van der Waals surface area contributed by atoms with E-state index in [1.165, 1.54) is 42.4 Å². The third-order valence-electron chi connectivity index (χ3n) is 8.63. The molecule has 3 aliphatic rings. The van der Waals surface area contributed by atoms with Crippen LogP contribution in [0.5, 0.6) is 0 Å². The van der Waals surface area contributed by atoms with Gasteiger partial charge < -0.3 is 0 Å². The van der Waals surface area contributed by atoms with Gasteiger partial charge in [-0.25, -0.2) is 0 Å². The predicted molar refractivity (Wildman–Crippen MR) is 118 cm³/mol. The van der Waals surface area contributed by atoms with Gasteiger partial charge in [0.15, 0.2) is 0 Å². The first-order chi connectivity index (χ1) is 12.6. The summed E-state index contributed by atoms with van der Waals surface area (Å²) in [4.78, 5) is 0. The molecule has 0 fully saturated rings. The molecule has 1 heteroatoms. The fourth-order valence-electron chi connectivity index (χ4n) is 6.73. The SMILES string of the molecule is CC1=C(C)C(C)(C2(C(C)(C)C)C=Cc3ccc4c(c32)CCCC4)C(C)=C1C.[Hf]. The molecule has 0 amide bonds. The number of fused-ring (bicyclic) bond motifs is 3. The van der Waals surface area contributed by atoms with Crippen LogP contribution in [0.1, 0.15) is 90.5 Å². The summed E-state index contributed by atoms with van der Waals surface area (Å²) in [5.74, 6) is 0. The third kappa shape index (κ3) is 2.50. The Morgan fingerprint density at radius 3 is 2.00 bits per heavy atom. The van der Waals surface area contributed by atoms with E-state index in [1.807, 2.05) is 0 Å². The second-order valence-electron chi connectivity index (χ2n) is 10.4. The summed E-state index contributed by atoms with van der Waals surface area (Å²) < 4.78 is 0. The Bertz CT molecular complexity index is 892. The number of rotatable bonds is 1. The number of hydrogen-bond acceptors (Lipinski definition) is 0. The molecule has 1 unspecified atom stereocenters. The van der Waals surface area contributed by atoms with E-state index in [0.717, 1.165) is 0 Å². The van der Waals surface area contributed by atoms with E-state index in [4.69, 9.17) is 0 Å². The summed E-state index contributed by atoms with van der Waals surface area (Å²) in [5, 5.41) is 0. The summed E-state index contributed by atoms with van der Waals surface area (Å²) in [5.41, 5.74) is 12.7. The van der Waals surface area contributed by atoms with Gasteiger partial charge in [-0.1, -0.05) is 63.1 Å². The predicted octanol–water partition coefficient (Wildman–Crippen LogP) is 7.57. The standard InChI is InChI=1S/C27H36.Hf/c1-17-18(2)20(4)26(8,19(17)3)27(25(5,6)7)16-15-22-14-13-21-11-9-10-12-23(21)24(22)27;/h13-16H,9-12H2,1-8H3;. The van der Waals surface area contributed by atoms with E-state index >= 15 is 0 Å². The van der Waals surface area contributed by atoms with Gasteiger partial charge in [-0.15, -0.1) is 0 Å². The first-order valence-corrected chi connectivity index (χ1v) is 10.8. The normalized spacial score (nSPS) is 25.7. The zero-order chi connectivity index (χ0) is 19.8. The molecule has 4 rings (SSSR count). The van der Waals surface area contributed by atoms with Crippen molar-refractivity contribution in [3.63, 3.8) is 0 Å². The minimum Gasteiger partial charge on any atom is -0.0716 e. The third-order valence-corrected chi connectivity index (χ3v) is 8.63. The largest absolute Gasteiger partial charge is 0.0716 e. The Morgan fingerprint density at radius 1 is 0.857 bits per heavy atom. The molecule has 0 saturated carbocycles. The van der Waals surface area contributed by atoms with Gasteiger partial charge in [-0.05, 0) is 92.2 Å². The van der Waals surface area contributed by atoms with Crippen LogP contribution in [-0.2, 0) is 44.1 Å². The Kier molecular flexibility index (Phi) is 5.45. The molecular weight excluding hydrogens is 503 g/mol. The molecule has 148 valence electrons. The zero-order valence-corrected chi connectivity index (χ0v) is 22.7. The molecule has 0 aliphatic heterocycles. The fourth-order valence-corrected chi connectivity index (χ4v) is 6.73. The maximum Gasteiger partial charge on any atom is 0.0321 e. The summed E-state index contributed by atoms with van der Waals surface area (Å²) in [6, 6.07) is 4.81. The van der Waals surface area contributed by atoms with Crippen molar-refractivity contribution in [3.8, 4) is 0 Å². The van der Waals surface area contributed by atoms with Crippen molar-refractivity contribution in [2.75, 3.05) is 0 Å². The number of benzene rings is 1. The number of hydrogen-bond donors (Lipinski definition) is 0. The van der Waals surface area contributed by atoms with E-state index in [0.29, 0.717) is 0 Å². The fraction of sp³-hybridized carbons (Fsp3) is 0.556. The smallest absolute Gasteiger partial charge is 0.0321 e. The molecule has 0 aromatic heterocycles. The molecular formula is C27H36Hf. The van der Waals surface area contributed by atoms with Gasteiger partial charge in [0.25, 0.3) is 0 Å². The maximum absolute atomic E-state index is 2.59. The molecule has 0 spiro atoms. The molecule has 3 aliphatic carbocycles. The van der Waals surface area contributed by atoms with Gasteiger partial charge in [0, 0.05) is 36.7 Å². The van der Waals surface area contributed by atoms with Crippen LogP contribution in [-0.4, -0.2) is 0 Å². The molecule has 0 heterocycles. The number of allylic oxidation sites excluding steroid dienone is 5. The van der Waals surface area contributed by atoms with E-state index in [9.17, 15) is 0 Å².